The van der Waals surface area contributed by atoms with Crippen molar-refractivity contribution in [3.05, 3.63) is 71.3 Å². The Hall–Kier alpha value is -2.62. The Kier molecular flexibility index (Phi) is 6.75. The molecule has 2 aromatic carbocycles. The van der Waals surface area contributed by atoms with E-state index in [1.807, 2.05) is 44.2 Å². The summed E-state index contributed by atoms with van der Waals surface area (Å²) in [5.41, 5.74) is 2.75. The molecule has 0 radical (unpaired) electrons. The molecule has 1 N–H and O–H groups in total. The number of hydrogen-bond donors (Lipinski definition) is 1. The highest BCUT2D eigenvalue weighted by atomic mass is 16.5. The second kappa shape index (κ2) is 9.02. The number of rotatable bonds is 7. The van der Waals surface area contributed by atoms with Crippen LogP contribution < -0.4 is 5.32 Å². The Balaban J connectivity index is 1.79. The molecule has 25 heavy (non-hydrogen) atoms. The first-order valence-corrected chi connectivity index (χ1v) is 8.57. The minimum atomic E-state index is -0.826. The molecule has 0 saturated heterocycles. The third kappa shape index (κ3) is 6.07. The summed E-state index contributed by atoms with van der Waals surface area (Å²) in [4.78, 5) is 24.3. The molecule has 0 aromatic heterocycles. The van der Waals surface area contributed by atoms with E-state index in [2.05, 4.69) is 17.4 Å². The number of esters is 1. The normalized spacial score (nSPS) is 12.9. The van der Waals surface area contributed by atoms with E-state index in [9.17, 15) is 9.59 Å². The molecule has 0 aliphatic heterocycles. The Bertz CT molecular complexity index is 695. The third-order valence-corrected chi connectivity index (χ3v) is 4.04. The van der Waals surface area contributed by atoms with Gasteiger partial charge < -0.3 is 10.1 Å². The zero-order chi connectivity index (χ0) is 18.2. The molecule has 0 aliphatic carbocycles. The van der Waals surface area contributed by atoms with Gasteiger partial charge in [-0.1, -0.05) is 48.0 Å². The monoisotopic (exact) mass is 339 g/mol. The third-order valence-electron chi connectivity index (χ3n) is 4.04. The van der Waals surface area contributed by atoms with Crippen LogP contribution in [0.4, 0.5) is 0 Å². The van der Waals surface area contributed by atoms with Gasteiger partial charge in [0.1, 0.15) is 0 Å². The van der Waals surface area contributed by atoms with Gasteiger partial charge in [-0.25, -0.2) is 4.79 Å². The van der Waals surface area contributed by atoms with Gasteiger partial charge in [0.15, 0.2) is 6.10 Å². The Morgan fingerprint density at radius 3 is 2.28 bits per heavy atom. The lowest BCUT2D eigenvalue weighted by Gasteiger charge is -2.18. The van der Waals surface area contributed by atoms with Crippen molar-refractivity contribution >= 4 is 11.9 Å². The van der Waals surface area contributed by atoms with Gasteiger partial charge in [-0.3, -0.25) is 4.79 Å². The zero-order valence-corrected chi connectivity index (χ0v) is 15.0. The summed E-state index contributed by atoms with van der Waals surface area (Å²) in [6.07, 6.45) is 0.891. The number of carbonyl (C=O) groups is 2. The quantitative estimate of drug-likeness (QED) is 0.783. The van der Waals surface area contributed by atoms with Crippen LogP contribution in [-0.2, 0) is 16.0 Å². The highest BCUT2D eigenvalue weighted by Gasteiger charge is 2.20. The molecule has 2 atom stereocenters. The van der Waals surface area contributed by atoms with Crippen molar-refractivity contribution in [2.75, 3.05) is 0 Å². The van der Waals surface area contributed by atoms with Gasteiger partial charge in [0.05, 0.1) is 5.56 Å². The standard InChI is InChI=1S/C21H25NO3/c1-15-9-13-19(14-10-15)21(24)25-17(3)20(23)22-16(2)11-12-18-7-5-4-6-8-18/h4-10,13-14,16-17H,11-12H2,1-3H3,(H,22,23)/t16-,17-/m1/s1. The van der Waals surface area contributed by atoms with Crippen molar-refractivity contribution in [1.82, 2.24) is 5.32 Å². The average molecular weight is 339 g/mol. The number of benzene rings is 2. The molecule has 1 amide bonds. The van der Waals surface area contributed by atoms with Crippen LogP contribution in [0.5, 0.6) is 0 Å². The summed E-state index contributed by atoms with van der Waals surface area (Å²) in [5, 5.41) is 2.90. The molecule has 0 fully saturated rings. The number of carbonyl (C=O) groups excluding carboxylic acids is 2. The van der Waals surface area contributed by atoms with Gasteiger partial charge in [-0.05, 0) is 51.3 Å². The van der Waals surface area contributed by atoms with E-state index >= 15 is 0 Å². The minimum absolute atomic E-state index is 0.00762. The van der Waals surface area contributed by atoms with Gasteiger partial charge >= 0.3 is 5.97 Å². The molecule has 0 heterocycles. The molecule has 132 valence electrons. The second-order valence-electron chi connectivity index (χ2n) is 6.35. The average Bonchev–Trinajstić information content (AvgIpc) is 2.61. The van der Waals surface area contributed by atoms with Crippen molar-refractivity contribution in [2.24, 2.45) is 0 Å². The first-order chi connectivity index (χ1) is 12.0. The van der Waals surface area contributed by atoms with Crippen molar-refractivity contribution in [1.29, 1.82) is 0 Å². The van der Waals surface area contributed by atoms with Gasteiger partial charge in [0.25, 0.3) is 5.91 Å². The lowest BCUT2D eigenvalue weighted by atomic mass is 10.1. The largest absolute Gasteiger partial charge is 0.449 e. The first kappa shape index (κ1) is 18.7. The number of hydrogen-bond acceptors (Lipinski definition) is 3. The van der Waals surface area contributed by atoms with E-state index in [1.165, 1.54) is 5.56 Å². The molecule has 0 spiro atoms. The minimum Gasteiger partial charge on any atom is -0.449 e. The van der Waals surface area contributed by atoms with E-state index in [4.69, 9.17) is 4.74 Å². The summed E-state index contributed by atoms with van der Waals surface area (Å²) in [7, 11) is 0. The summed E-state index contributed by atoms with van der Waals surface area (Å²) < 4.78 is 5.25. The van der Waals surface area contributed by atoms with E-state index in [0.717, 1.165) is 18.4 Å². The molecule has 4 heteroatoms. The smallest absolute Gasteiger partial charge is 0.338 e. The summed E-state index contributed by atoms with van der Waals surface area (Å²) in [6.45, 7) is 5.49. The maximum Gasteiger partial charge on any atom is 0.338 e. The van der Waals surface area contributed by atoms with Crippen LogP contribution in [0.15, 0.2) is 54.6 Å². The Labute approximate surface area is 149 Å². The zero-order valence-electron chi connectivity index (χ0n) is 15.0. The van der Waals surface area contributed by atoms with Gasteiger partial charge in [0.2, 0.25) is 0 Å². The molecule has 2 rings (SSSR count). The van der Waals surface area contributed by atoms with E-state index in [-0.39, 0.29) is 11.9 Å². The van der Waals surface area contributed by atoms with Gasteiger partial charge in [-0.2, -0.15) is 0 Å². The topological polar surface area (TPSA) is 55.4 Å². The Morgan fingerprint density at radius 2 is 1.64 bits per heavy atom. The molecule has 0 aliphatic rings. The lowest BCUT2D eigenvalue weighted by Crippen LogP contribution is -2.41. The number of amides is 1. The van der Waals surface area contributed by atoms with Crippen LogP contribution >= 0.6 is 0 Å². The fourth-order valence-electron chi connectivity index (χ4n) is 2.43. The van der Waals surface area contributed by atoms with Crippen LogP contribution in [0.25, 0.3) is 0 Å². The van der Waals surface area contributed by atoms with Crippen molar-refractivity contribution < 1.29 is 14.3 Å². The maximum atomic E-state index is 12.2. The van der Waals surface area contributed by atoms with Crippen LogP contribution in [-0.4, -0.2) is 24.0 Å². The Morgan fingerprint density at radius 1 is 1.00 bits per heavy atom. The predicted octanol–water partition coefficient (Wildman–Crippen LogP) is 3.68. The van der Waals surface area contributed by atoms with E-state index in [1.54, 1.807) is 19.1 Å². The van der Waals surface area contributed by atoms with Crippen LogP contribution in [0.2, 0.25) is 0 Å². The highest BCUT2D eigenvalue weighted by molar-refractivity contribution is 5.92. The molecule has 0 bridgehead atoms. The first-order valence-electron chi connectivity index (χ1n) is 8.57. The number of aryl methyl sites for hydroxylation is 2. The SMILES string of the molecule is Cc1ccc(C(=O)O[C@H](C)C(=O)N[C@H](C)CCc2ccccc2)cc1. The maximum absolute atomic E-state index is 12.2. The fraction of sp³-hybridized carbons (Fsp3) is 0.333. The molecular weight excluding hydrogens is 314 g/mol. The lowest BCUT2D eigenvalue weighted by molar-refractivity contribution is -0.129. The molecule has 0 saturated carbocycles. The summed E-state index contributed by atoms with van der Waals surface area (Å²) >= 11 is 0. The summed E-state index contributed by atoms with van der Waals surface area (Å²) in [6, 6.07) is 17.2. The second-order valence-corrected chi connectivity index (χ2v) is 6.35. The van der Waals surface area contributed by atoms with E-state index < -0.39 is 12.1 Å². The molecule has 4 nitrogen and oxygen atoms in total. The van der Waals surface area contributed by atoms with Crippen LogP contribution in [0.1, 0.15) is 41.8 Å². The van der Waals surface area contributed by atoms with Crippen molar-refractivity contribution in [3.63, 3.8) is 0 Å². The predicted molar refractivity (Wildman–Crippen MR) is 98.4 cm³/mol. The van der Waals surface area contributed by atoms with Crippen LogP contribution in [0.3, 0.4) is 0 Å². The van der Waals surface area contributed by atoms with Gasteiger partial charge in [0, 0.05) is 6.04 Å². The van der Waals surface area contributed by atoms with Gasteiger partial charge in [-0.15, -0.1) is 0 Å². The highest BCUT2D eigenvalue weighted by Crippen LogP contribution is 2.08. The van der Waals surface area contributed by atoms with Crippen molar-refractivity contribution in [2.45, 2.75) is 45.8 Å². The fourth-order valence-corrected chi connectivity index (χ4v) is 2.43. The molecular formula is C21H25NO3. The van der Waals surface area contributed by atoms with E-state index in [0.29, 0.717) is 5.56 Å². The summed E-state index contributed by atoms with van der Waals surface area (Å²) in [5.74, 6) is -0.763. The molecule has 0 unspecified atom stereocenters. The molecule has 2 aromatic rings. The van der Waals surface area contributed by atoms with Crippen molar-refractivity contribution in [3.8, 4) is 0 Å². The number of ether oxygens (including phenoxy) is 1. The van der Waals surface area contributed by atoms with Crippen LogP contribution in [0, 0.1) is 6.92 Å². The number of nitrogens with one attached hydrogen (secondary N) is 1.